The minimum atomic E-state index is 0. The molecule has 3 heteroatoms. The summed E-state index contributed by atoms with van der Waals surface area (Å²) in [5.74, 6) is 0. The summed E-state index contributed by atoms with van der Waals surface area (Å²) in [6, 6.07) is 3.46. The Balaban J connectivity index is 0.000000360. The number of halogens is 1. The first-order chi connectivity index (χ1) is 2.89. The van der Waals surface area contributed by atoms with Crippen molar-refractivity contribution in [1.82, 2.24) is 0 Å². The number of rotatable bonds is 0. The first kappa shape index (κ1) is 6.98. The molecule has 1 aromatic rings. The highest BCUT2D eigenvalue weighted by atomic mass is 79.9. The van der Waals surface area contributed by atoms with Crippen molar-refractivity contribution in [1.29, 1.82) is 0 Å². The number of thiophene rings is 1. The van der Waals surface area contributed by atoms with Gasteiger partial charge >= 0.3 is 0 Å². The van der Waals surface area contributed by atoms with Gasteiger partial charge in [0, 0.05) is 0 Å². The Hall–Kier alpha value is -0.0200. The van der Waals surface area contributed by atoms with Crippen LogP contribution in [0.15, 0.2) is 17.5 Å². The van der Waals surface area contributed by atoms with Crippen molar-refractivity contribution >= 4 is 28.3 Å². The Bertz CT molecular complexity index is 115. The van der Waals surface area contributed by atoms with Crippen molar-refractivity contribution in [3.05, 3.63) is 17.5 Å². The molecule has 0 spiro atoms. The van der Waals surface area contributed by atoms with Crippen LogP contribution in [-0.2, 0) is 0 Å². The molecule has 7 heavy (non-hydrogen) atoms. The molecule has 1 heterocycles. The van der Waals surface area contributed by atoms with Crippen molar-refractivity contribution in [3.63, 3.8) is 0 Å². The molecule has 0 atom stereocenters. The third-order valence-electron chi connectivity index (χ3n) is 0.506. The zero-order chi connectivity index (χ0) is 4.41. The van der Waals surface area contributed by atoms with Crippen LogP contribution in [0.4, 0.5) is 0 Å². The maximum absolute atomic E-state index is 8.49. The van der Waals surface area contributed by atoms with Gasteiger partial charge in [-0.15, -0.1) is 28.3 Å². The van der Waals surface area contributed by atoms with Gasteiger partial charge in [-0.2, -0.15) is 0 Å². The van der Waals surface area contributed by atoms with E-state index >= 15 is 0 Å². The van der Waals surface area contributed by atoms with E-state index in [-0.39, 0.29) is 17.0 Å². The molecule has 0 aromatic carbocycles. The monoisotopic (exact) mass is 180 g/mol. The van der Waals surface area contributed by atoms with Gasteiger partial charge in [0.1, 0.15) is 0 Å². The minimum absolute atomic E-state index is 0. The summed E-state index contributed by atoms with van der Waals surface area (Å²) in [5, 5.41) is 10.7. The molecular formula is C4H5BrOS. The van der Waals surface area contributed by atoms with Gasteiger partial charge in [-0.3, -0.25) is 0 Å². The van der Waals surface area contributed by atoms with Crippen molar-refractivity contribution in [2.75, 3.05) is 0 Å². The number of hydrogen-bond donors (Lipinski definition) is 1. The molecule has 1 rings (SSSR count). The summed E-state index contributed by atoms with van der Waals surface area (Å²) in [5.41, 5.74) is 0. The van der Waals surface area contributed by atoms with E-state index < -0.39 is 0 Å². The SMILES string of the molecule is Br.Oc1cccs1. The second-order valence-electron chi connectivity index (χ2n) is 0.951. The Labute approximate surface area is 56.4 Å². The van der Waals surface area contributed by atoms with E-state index in [1.165, 1.54) is 11.3 Å². The Morgan fingerprint density at radius 2 is 2.29 bits per heavy atom. The summed E-state index contributed by atoms with van der Waals surface area (Å²) < 4.78 is 0. The van der Waals surface area contributed by atoms with E-state index in [2.05, 4.69) is 0 Å². The molecule has 0 aliphatic rings. The van der Waals surface area contributed by atoms with Gasteiger partial charge in [0.2, 0.25) is 0 Å². The Morgan fingerprint density at radius 1 is 1.57 bits per heavy atom. The largest absolute Gasteiger partial charge is 0.499 e. The Morgan fingerprint density at radius 3 is 2.43 bits per heavy atom. The van der Waals surface area contributed by atoms with E-state index in [1.807, 2.05) is 5.38 Å². The van der Waals surface area contributed by atoms with Crippen LogP contribution >= 0.6 is 28.3 Å². The van der Waals surface area contributed by atoms with Crippen LogP contribution in [0.3, 0.4) is 0 Å². The standard InChI is InChI=1S/C4H4OS.BrH/c5-4-2-1-3-6-4;/h1-3,5H;1H. The van der Waals surface area contributed by atoms with E-state index in [4.69, 9.17) is 5.11 Å². The predicted molar refractivity (Wildman–Crippen MR) is 36.3 cm³/mol. The molecule has 40 valence electrons. The second kappa shape index (κ2) is 3.04. The van der Waals surface area contributed by atoms with E-state index in [0.717, 1.165) is 0 Å². The molecular weight excluding hydrogens is 176 g/mol. The highest BCUT2D eigenvalue weighted by Crippen LogP contribution is 2.14. The first-order valence-electron chi connectivity index (χ1n) is 1.62. The summed E-state index contributed by atoms with van der Waals surface area (Å²) >= 11 is 1.33. The fraction of sp³-hybridized carbons (Fsp3) is 0. The van der Waals surface area contributed by atoms with Crippen LogP contribution in [0.2, 0.25) is 0 Å². The molecule has 1 aromatic heterocycles. The second-order valence-corrected chi connectivity index (χ2v) is 1.88. The average Bonchev–Trinajstić information content (AvgIpc) is 1.86. The minimum Gasteiger partial charge on any atom is -0.499 e. The van der Waals surface area contributed by atoms with Crippen LogP contribution in [0.25, 0.3) is 0 Å². The first-order valence-corrected chi connectivity index (χ1v) is 2.50. The molecule has 1 nitrogen and oxygen atoms in total. The molecule has 0 fully saturated rings. The molecule has 0 unspecified atom stereocenters. The van der Waals surface area contributed by atoms with Crippen molar-refractivity contribution in [2.24, 2.45) is 0 Å². The van der Waals surface area contributed by atoms with E-state index in [0.29, 0.717) is 5.06 Å². The lowest BCUT2D eigenvalue weighted by molar-refractivity contribution is 0.491. The molecule has 1 N–H and O–H groups in total. The molecule has 0 bridgehead atoms. The summed E-state index contributed by atoms with van der Waals surface area (Å²) in [7, 11) is 0. The quantitative estimate of drug-likeness (QED) is 0.649. The van der Waals surface area contributed by atoms with E-state index in [1.54, 1.807) is 12.1 Å². The van der Waals surface area contributed by atoms with Crippen LogP contribution in [0.5, 0.6) is 5.06 Å². The van der Waals surface area contributed by atoms with Crippen molar-refractivity contribution in [2.45, 2.75) is 0 Å². The zero-order valence-electron chi connectivity index (χ0n) is 3.50. The van der Waals surface area contributed by atoms with Crippen LogP contribution in [0.1, 0.15) is 0 Å². The number of hydrogen-bond acceptors (Lipinski definition) is 2. The normalized spacial score (nSPS) is 7.43. The zero-order valence-corrected chi connectivity index (χ0v) is 6.03. The summed E-state index contributed by atoms with van der Waals surface area (Å²) in [4.78, 5) is 0. The molecule has 0 saturated carbocycles. The smallest absolute Gasteiger partial charge is 0.171 e. The molecule has 0 radical (unpaired) electrons. The summed E-state index contributed by atoms with van der Waals surface area (Å²) in [6.07, 6.45) is 0. The van der Waals surface area contributed by atoms with Crippen molar-refractivity contribution in [3.8, 4) is 5.06 Å². The third-order valence-corrected chi connectivity index (χ3v) is 1.18. The maximum atomic E-state index is 8.49. The van der Waals surface area contributed by atoms with Gasteiger partial charge in [0.15, 0.2) is 5.06 Å². The molecule has 0 aliphatic heterocycles. The lowest BCUT2D eigenvalue weighted by atomic mass is 10.7. The van der Waals surface area contributed by atoms with Gasteiger partial charge < -0.3 is 5.11 Å². The molecule has 0 amide bonds. The Kier molecular flexibility index (Phi) is 3.04. The molecule has 0 saturated heterocycles. The number of aromatic hydroxyl groups is 1. The highest BCUT2D eigenvalue weighted by molar-refractivity contribution is 8.93. The van der Waals surface area contributed by atoms with E-state index in [9.17, 15) is 0 Å². The van der Waals surface area contributed by atoms with Crippen molar-refractivity contribution < 1.29 is 5.11 Å². The van der Waals surface area contributed by atoms with Crippen LogP contribution in [0, 0.1) is 0 Å². The lowest BCUT2D eigenvalue weighted by Gasteiger charge is -1.67. The van der Waals surface area contributed by atoms with Crippen LogP contribution < -0.4 is 0 Å². The average molecular weight is 181 g/mol. The molecule has 0 aliphatic carbocycles. The topological polar surface area (TPSA) is 20.2 Å². The fourth-order valence-electron chi connectivity index (χ4n) is 0.270. The fourth-order valence-corrected chi connectivity index (χ4v) is 0.724. The van der Waals surface area contributed by atoms with Gasteiger partial charge in [0.05, 0.1) is 0 Å². The van der Waals surface area contributed by atoms with Gasteiger partial charge in [-0.05, 0) is 17.5 Å². The van der Waals surface area contributed by atoms with Gasteiger partial charge in [-0.1, -0.05) is 0 Å². The maximum Gasteiger partial charge on any atom is 0.171 e. The predicted octanol–water partition coefficient (Wildman–Crippen LogP) is 2.03. The van der Waals surface area contributed by atoms with Gasteiger partial charge in [0.25, 0.3) is 0 Å². The third kappa shape index (κ3) is 1.94. The highest BCUT2D eigenvalue weighted by Gasteiger charge is 1.77. The van der Waals surface area contributed by atoms with Gasteiger partial charge in [-0.25, -0.2) is 0 Å². The lowest BCUT2D eigenvalue weighted by Crippen LogP contribution is -1.35. The summed E-state index contributed by atoms with van der Waals surface area (Å²) in [6.45, 7) is 0. The van der Waals surface area contributed by atoms with Crippen LogP contribution in [-0.4, -0.2) is 5.11 Å².